The van der Waals surface area contributed by atoms with Gasteiger partial charge in [0.15, 0.2) is 0 Å². The van der Waals surface area contributed by atoms with Crippen LogP contribution in [0.15, 0.2) is 24.3 Å². The Balaban J connectivity index is 1.73. The molecular formula is C16H20N2O3. The first-order chi connectivity index (χ1) is 10.1. The normalized spacial score (nSPS) is 30.5. The molecule has 0 saturated heterocycles. The van der Waals surface area contributed by atoms with Gasteiger partial charge in [-0.25, -0.2) is 0 Å². The van der Waals surface area contributed by atoms with Crippen molar-refractivity contribution in [3.05, 3.63) is 35.4 Å². The molecule has 5 heteroatoms. The lowest BCUT2D eigenvalue weighted by atomic mass is 9.84. The summed E-state index contributed by atoms with van der Waals surface area (Å²) in [4.78, 5) is 22.9. The van der Waals surface area contributed by atoms with E-state index in [9.17, 15) is 14.7 Å². The van der Waals surface area contributed by atoms with Crippen molar-refractivity contribution in [1.29, 1.82) is 0 Å². The smallest absolute Gasteiger partial charge is 0.308 e. The number of carbonyl (C=O) groups excluding carboxylic acids is 1. The molecule has 1 amide bonds. The Hall–Kier alpha value is -1.88. The molecule has 5 nitrogen and oxygen atoms in total. The van der Waals surface area contributed by atoms with E-state index in [2.05, 4.69) is 5.32 Å². The molecule has 2 saturated carbocycles. The highest BCUT2D eigenvalue weighted by molar-refractivity contribution is 5.94. The molecule has 2 aliphatic rings. The number of nitrogens with two attached hydrogens (primary N) is 1. The zero-order chi connectivity index (χ0) is 15.0. The monoisotopic (exact) mass is 288 g/mol. The summed E-state index contributed by atoms with van der Waals surface area (Å²) in [6.07, 6.45) is 3.13. The Morgan fingerprint density at radius 1 is 1.24 bits per heavy atom. The van der Waals surface area contributed by atoms with Crippen molar-refractivity contribution in [3.8, 4) is 0 Å². The number of nitrogens with one attached hydrogen (secondary N) is 1. The molecule has 4 unspecified atom stereocenters. The average molecular weight is 288 g/mol. The van der Waals surface area contributed by atoms with Crippen molar-refractivity contribution in [3.63, 3.8) is 0 Å². The van der Waals surface area contributed by atoms with Crippen LogP contribution >= 0.6 is 0 Å². The topological polar surface area (TPSA) is 92.4 Å². The van der Waals surface area contributed by atoms with E-state index in [0.29, 0.717) is 23.9 Å². The molecule has 0 aromatic heterocycles. The van der Waals surface area contributed by atoms with Gasteiger partial charge in [0, 0.05) is 18.2 Å². The SMILES string of the molecule is NC(=O)c1ccccc1CNC1C2CCC(C2)C1C(=O)O. The molecule has 2 bridgehead atoms. The van der Waals surface area contributed by atoms with Crippen LogP contribution in [0.5, 0.6) is 0 Å². The van der Waals surface area contributed by atoms with Crippen LogP contribution in [0.3, 0.4) is 0 Å². The maximum atomic E-state index is 11.5. The third-order valence-electron chi connectivity index (χ3n) is 5.01. The largest absolute Gasteiger partial charge is 0.481 e. The van der Waals surface area contributed by atoms with Crippen LogP contribution in [-0.4, -0.2) is 23.0 Å². The van der Waals surface area contributed by atoms with Crippen LogP contribution in [0.2, 0.25) is 0 Å². The van der Waals surface area contributed by atoms with Crippen LogP contribution < -0.4 is 11.1 Å². The van der Waals surface area contributed by atoms with Gasteiger partial charge >= 0.3 is 5.97 Å². The summed E-state index contributed by atoms with van der Waals surface area (Å²) in [5.74, 6) is -0.712. The van der Waals surface area contributed by atoms with Crippen molar-refractivity contribution < 1.29 is 14.7 Å². The third-order valence-corrected chi connectivity index (χ3v) is 5.01. The van der Waals surface area contributed by atoms with Gasteiger partial charge in [0.2, 0.25) is 5.91 Å². The van der Waals surface area contributed by atoms with Crippen molar-refractivity contribution in [2.45, 2.75) is 31.8 Å². The molecule has 0 aliphatic heterocycles. The van der Waals surface area contributed by atoms with Crippen molar-refractivity contribution >= 4 is 11.9 Å². The minimum Gasteiger partial charge on any atom is -0.481 e. The predicted octanol–water partition coefficient (Wildman–Crippen LogP) is 1.37. The minimum atomic E-state index is -0.706. The zero-order valence-electron chi connectivity index (χ0n) is 11.8. The molecule has 0 spiro atoms. The van der Waals surface area contributed by atoms with Crippen LogP contribution in [-0.2, 0) is 11.3 Å². The number of benzene rings is 1. The van der Waals surface area contributed by atoms with Gasteiger partial charge in [0.25, 0.3) is 0 Å². The summed E-state index contributed by atoms with van der Waals surface area (Å²) < 4.78 is 0. The molecule has 4 atom stereocenters. The first-order valence-electron chi connectivity index (χ1n) is 7.42. The highest BCUT2D eigenvalue weighted by Gasteiger charge is 2.50. The number of amides is 1. The van der Waals surface area contributed by atoms with Gasteiger partial charge in [-0.15, -0.1) is 0 Å². The van der Waals surface area contributed by atoms with Gasteiger partial charge < -0.3 is 16.2 Å². The van der Waals surface area contributed by atoms with Gasteiger partial charge in [0.1, 0.15) is 0 Å². The quantitative estimate of drug-likeness (QED) is 0.763. The Bertz CT molecular complexity index is 572. The Kier molecular flexibility index (Phi) is 3.68. The summed E-state index contributed by atoms with van der Waals surface area (Å²) in [5, 5.41) is 12.8. The molecule has 0 radical (unpaired) electrons. The van der Waals surface area contributed by atoms with Crippen LogP contribution in [0.4, 0.5) is 0 Å². The number of hydrogen-bond donors (Lipinski definition) is 3. The van der Waals surface area contributed by atoms with Crippen LogP contribution in [0, 0.1) is 17.8 Å². The second-order valence-electron chi connectivity index (χ2n) is 6.13. The van der Waals surface area contributed by atoms with E-state index < -0.39 is 11.9 Å². The second-order valence-corrected chi connectivity index (χ2v) is 6.13. The Labute approximate surface area is 123 Å². The number of carboxylic acids is 1. The summed E-state index contributed by atoms with van der Waals surface area (Å²) >= 11 is 0. The van der Waals surface area contributed by atoms with E-state index in [1.165, 1.54) is 0 Å². The lowest BCUT2D eigenvalue weighted by molar-refractivity contribution is -0.144. The van der Waals surface area contributed by atoms with Gasteiger partial charge in [-0.1, -0.05) is 18.2 Å². The van der Waals surface area contributed by atoms with Crippen LogP contribution in [0.25, 0.3) is 0 Å². The van der Waals surface area contributed by atoms with Crippen molar-refractivity contribution in [1.82, 2.24) is 5.32 Å². The lowest BCUT2D eigenvalue weighted by Crippen LogP contribution is -2.44. The van der Waals surface area contributed by atoms with Gasteiger partial charge in [0.05, 0.1) is 5.92 Å². The fourth-order valence-electron chi connectivity index (χ4n) is 4.08. The standard InChI is InChI=1S/C16H20N2O3/c17-15(19)12-4-2-1-3-11(12)8-18-14-10-6-5-9(7-10)13(14)16(20)21/h1-4,9-10,13-14,18H,5-8H2,(H2,17,19)(H,20,21). The van der Waals surface area contributed by atoms with E-state index in [0.717, 1.165) is 24.8 Å². The molecular weight excluding hydrogens is 268 g/mol. The molecule has 21 heavy (non-hydrogen) atoms. The first kappa shape index (κ1) is 14.1. The van der Waals surface area contributed by atoms with E-state index in [1.807, 2.05) is 12.1 Å². The molecule has 2 fully saturated rings. The molecule has 0 heterocycles. The van der Waals surface area contributed by atoms with Gasteiger partial charge in [-0.2, -0.15) is 0 Å². The van der Waals surface area contributed by atoms with E-state index in [4.69, 9.17) is 5.73 Å². The van der Waals surface area contributed by atoms with E-state index in [1.54, 1.807) is 12.1 Å². The average Bonchev–Trinajstić information content (AvgIpc) is 3.05. The summed E-state index contributed by atoms with van der Waals surface area (Å²) in [7, 11) is 0. The van der Waals surface area contributed by atoms with E-state index >= 15 is 0 Å². The highest BCUT2D eigenvalue weighted by Crippen LogP contribution is 2.48. The van der Waals surface area contributed by atoms with Gasteiger partial charge in [-0.3, -0.25) is 9.59 Å². The zero-order valence-corrected chi connectivity index (χ0v) is 11.8. The number of aliphatic carboxylic acids is 1. The van der Waals surface area contributed by atoms with E-state index in [-0.39, 0.29) is 12.0 Å². The second kappa shape index (κ2) is 5.48. The summed E-state index contributed by atoms with van der Waals surface area (Å²) in [5.41, 5.74) is 6.70. The third kappa shape index (κ3) is 2.53. The van der Waals surface area contributed by atoms with Crippen LogP contribution in [0.1, 0.15) is 35.2 Å². The molecule has 3 rings (SSSR count). The van der Waals surface area contributed by atoms with Gasteiger partial charge in [-0.05, 0) is 42.7 Å². The van der Waals surface area contributed by atoms with Crippen molar-refractivity contribution in [2.24, 2.45) is 23.5 Å². The number of primary amides is 1. The Morgan fingerprint density at radius 3 is 2.67 bits per heavy atom. The molecule has 112 valence electrons. The number of fused-ring (bicyclic) bond motifs is 2. The number of carboxylic acid groups (broad SMARTS) is 1. The summed E-state index contributed by atoms with van der Waals surface area (Å²) in [6.45, 7) is 0.483. The predicted molar refractivity (Wildman–Crippen MR) is 77.5 cm³/mol. The fourth-order valence-corrected chi connectivity index (χ4v) is 4.08. The fraction of sp³-hybridized carbons (Fsp3) is 0.500. The Morgan fingerprint density at radius 2 is 1.95 bits per heavy atom. The molecule has 2 aliphatic carbocycles. The highest BCUT2D eigenvalue weighted by atomic mass is 16.4. The number of carbonyl (C=O) groups is 2. The lowest BCUT2D eigenvalue weighted by Gasteiger charge is -2.29. The number of hydrogen-bond acceptors (Lipinski definition) is 3. The maximum absolute atomic E-state index is 11.5. The minimum absolute atomic E-state index is 0.00202. The maximum Gasteiger partial charge on any atom is 0.308 e. The summed E-state index contributed by atoms with van der Waals surface area (Å²) in [6, 6.07) is 7.20. The molecule has 1 aromatic carbocycles. The number of rotatable bonds is 5. The molecule has 1 aromatic rings. The van der Waals surface area contributed by atoms with Crippen molar-refractivity contribution in [2.75, 3.05) is 0 Å². The molecule has 4 N–H and O–H groups in total. The first-order valence-corrected chi connectivity index (χ1v) is 7.42.